The Morgan fingerprint density at radius 2 is 1.82 bits per heavy atom. The topological polar surface area (TPSA) is 54.6 Å². The lowest BCUT2D eigenvalue weighted by atomic mass is 10.1. The third-order valence-electron chi connectivity index (χ3n) is 3.77. The molecule has 0 atom stereocenters. The number of benzene rings is 1. The minimum atomic E-state index is 0.138. The SMILES string of the molecule is COCCN(CCOC)C(=O)CCc1c[nH]c2ccccc12. The summed E-state index contributed by atoms with van der Waals surface area (Å²) in [6.07, 6.45) is 3.22. The molecule has 0 aliphatic heterocycles. The van der Waals surface area contributed by atoms with Crippen molar-refractivity contribution in [3.05, 3.63) is 36.0 Å². The zero-order valence-corrected chi connectivity index (χ0v) is 13.3. The Morgan fingerprint density at radius 1 is 1.14 bits per heavy atom. The van der Waals surface area contributed by atoms with Crippen LogP contribution < -0.4 is 0 Å². The molecule has 0 spiro atoms. The third-order valence-corrected chi connectivity index (χ3v) is 3.77. The Morgan fingerprint density at radius 3 is 2.50 bits per heavy atom. The smallest absolute Gasteiger partial charge is 0.223 e. The van der Waals surface area contributed by atoms with Gasteiger partial charge in [-0.1, -0.05) is 18.2 Å². The molecule has 1 aromatic heterocycles. The Bertz CT molecular complexity index is 586. The van der Waals surface area contributed by atoms with Crippen LogP contribution in [-0.4, -0.2) is 56.3 Å². The highest BCUT2D eigenvalue weighted by molar-refractivity contribution is 5.84. The first-order valence-corrected chi connectivity index (χ1v) is 7.57. The molecule has 5 heteroatoms. The van der Waals surface area contributed by atoms with Crippen LogP contribution in [0.2, 0.25) is 0 Å². The van der Waals surface area contributed by atoms with Gasteiger partial charge in [0.2, 0.25) is 5.91 Å². The number of aryl methyl sites for hydroxylation is 1. The first-order valence-electron chi connectivity index (χ1n) is 7.57. The maximum absolute atomic E-state index is 12.4. The Kier molecular flexibility index (Phi) is 6.43. The maximum Gasteiger partial charge on any atom is 0.223 e. The predicted octanol–water partition coefficient (Wildman–Crippen LogP) is 2.22. The molecule has 0 saturated heterocycles. The number of rotatable bonds is 9. The van der Waals surface area contributed by atoms with E-state index in [9.17, 15) is 4.79 Å². The van der Waals surface area contributed by atoms with Crippen molar-refractivity contribution in [1.29, 1.82) is 0 Å². The van der Waals surface area contributed by atoms with Crippen LogP contribution in [0.3, 0.4) is 0 Å². The number of fused-ring (bicyclic) bond motifs is 1. The van der Waals surface area contributed by atoms with E-state index in [-0.39, 0.29) is 5.91 Å². The molecule has 1 amide bonds. The lowest BCUT2D eigenvalue weighted by Crippen LogP contribution is -2.36. The van der Waals surface area contributed by atoms with Crippen LogP contribution in [0.5, 0.6) is 0 Å². The minimum absolute atomic E-state index is 0.138. The fraction of sp³-hybridized carbons (Fsp3) is 0.471. The lowest BCUT2D eigenvalue weighted by molar-refractivity contribution is -0.132. The second-order valence-electron chi connectivity index (χ2n) is 5.23. The number of aromatic amines is 1. The molecule has 5 nitrogen and oxygen atoms in total. The molecule has 1 aromatic carbocycles. The summed E-state index contributed by atoms with van der Waals surface area (Å²) in [6, 6.07) is 8.15. The normalized spacial score (nSPS) is 11.0. The van der Waals surface area contributed by atoms with Gasteiger partial charge in [-0.2, -0.15) is 0 Å². The van der Waals surface area contributed by atoms with Gasteiger partial charge in [0, 0.05) is 50.8 Å². The molecule has 22 heavy (non-hydrogen) atoms. The van der Waals surface area contributed by atoms with E-state index in [2.05, 4.69) is 11.1 Å². The van der Waals surface area contributed by atoms with Crippen molar-refractivity contribution in [2.75, 3.05) is 40.5 Å². The van der Waals surface area contributed by atoms with Gasteiger partial charge in [0.05, 0.1) is 13.2 Å². The Balaban J connectivity index is 1.94. The molecule has 2 aromatic rings. The van der Waals surface area contributed by atoms with E-state index in [1.165, 1.54) is 10.9 Å². The molecule has 120 valence electrons. The fourth-order valence-electron chi connectivity index (χ4n) is 2.50. The van der Waals surface area contributed by atoms with Crippen molar-refractivity contribution in [3.63, 3.8) is 0 Å². The van der Waals surface area contributed by atoms with Crippen LogP contribution >= 0.6 is 0 Å². The molecule has 1 heterocycles. The molecule has 2 rings (SSSR count). The largest absolute Gasteiger partial charge is 0.383 e. The van der Waals surface area contributed by atoms with Gasteiger partial charge in [-0.15, -0.1) is 0 Å². The second-order valence-corrected chi connectivity index (χ2v) is 5.23. The predicted molar refractivity (Wildman–Crippen MR) is 87.0 cm³/mol. The number of carbonyl (C=O) groups excluding carboxylic acids is 1. The van der Waals surface area contributed by atoms with Crippen molar-refractivity contribution >= 4 is 16.8 Å². The van der Waals surface area contributed by atoms with E-state index < -0.39 is 0 Å². The zero-order chi connectivity index (χ0) is 15.8. The summed E-state index contributed by atoms with van der Waals surface area (Å²) in [5.41, 5.74) is 2.29. The van der Waals surface area contributed by atoms with Gasteiger partial charge in [-0.25, -0.2) is 0 Å². The fourth-order valence-corrected chi connectivity index (χ4v) is 2.50. The number of nitrogens with zero attached hydrogens (tertiary/aromatic N) is 1. The summed E-state index contributed by atoms with van der Waals surface area (Å²) in [6.45, 7) is 2.30. The van der Waals surface area contributed by atoms with Gasteiger partial charge < -0.3 is 19.4 Å². The van der Waals surface area contributed by atoms with Gasteiger partial charge in [0.15, 0.2) is 0 Å². The Labute approximate surface area is 131 Å². The highest BCUT2D eigenvalue weighted by atomic mass is 16.5. The number of carbonyl (C=O) groups is 1. The third kappa shape index (κ3) is 4.32. The van der Waals surface area contributed by atoms with E-state index in [1.54, 1.807) is 14.2 Å². The number of amides is 1. The molecule has 0 unspecified atom stereocenters. The monoisotopic (exact) mass is 304 g/mol. The number of ether oxygens (including phenoxy) is 2. The minimum Gasteiger partial charge on any atom is -0.383 e. The average Bonchev–Trinajstić information content (AvgIpc) is 2.96. The quantitative estimate of drug-likeness (QED) is 0.773. The van der Waals surface area contributed by atoms with Crippen LogP contribution in [0.15, 0.2) is 30.5 Å². The maximum atomic E-state index is 12.4. The van der Waals surface area contributed by atoms with Crippen molar-refractivity contribution in [1.82, 2.24) is 9.88 Å². The van der Waals surface area contributed by atoms with Crippen molar-refractivity contribution in [2.45, 2.75) is 12.8 Å². The van der Waals surface area contributed by atoms with E-state index in [0.717, 1.165) is 11.9 Å². The summed E-state index contributed by atoms with van der Waals surface area (Å²) in [5.74, 6) is 0.138. The molecule has 1 N–H and O–H groups in total. The summed E-state index contributed by atoms with van der Waals surface area (Å²) in [5, 5.41) is 1.19. The van der Waals surface area contributed by atoms with E-state index >= 15 is 0 Å². The average molecular weight is 304 g/mol. The number of hydrogen-bond acceptors (Lipinski definition) is 3. The standard InChI is InChI=1S/C17H24N2O3/c1-21-11-9-19(10-12-22-2)17(20)8-7-14-13-18-16-6-4-3-5-15(14)16/h3-6,13,18H,7-12H2,1-2H3. The Hall–Kier alpha value is -1.85. The van der Waals surface area contributed by atoms with Crippen molar-refractivity contribution < 1.29 is 14.3 Å². The molecule has 0 bridgehead atoms. The number of aromatic nitrogens is 1. The number of hydrogen-bond donors (Lipinski definition) is 1. The molecule has 0 saturated carbocycles. The van der Waals surface area contributed by atoms with Gasteiger partial charge in [0.1, 0.15) is 0 Å². The molecule has 0 radical (unpaired) electrons. The number of nitrogens with one attached hydrogen (secondary N) is 1. The van der Waals surface area contributed by atoms with Gasteiger partial charge in [-0.05, 0) is 18.1 Å². The van der Waals surface area contributed by atoms with Crippen molar-refractivity contribution in [3.8, 4) is 0 Å². The van der Waals surface area contributed by atoms with Crippen molar-refractivity contribution in [2.24, 2.45) is 0 Å². The zero-order valence-electron chi connectivity index (χ0n) is 13.3. The van der Waals surface area contributed by atoms with Gasteiger partial charge in [-0.3, -0.25) is 4.79 Å². The van der Waals surface area contributed by atoms with Gasteiger partial charge >= 0.3 is 0 Å². The summed E-state index contributed by atoms with van der Waals surface area (Å²) >= 11 is 0. The second kappa shape index (κ2) is 8.56. The van der Waals surface area contributed by atoms with Crippen LogP contribution in [-0.2, 0) is 20.7 Å². The molecule has 0 fully saturated rings. The van der Waals surface area contributed by atoms with E-state index in [0.29, 0.717) is 32.7 Å². The summed E-state index contributed by atoms with van der Waals surface area (Å²) in [7, 11) is 3.29. The number of H-pyrrole nitrogens is 1. The van der Waals surface area contributed by atoms with E-state index in [1.807, 2.05) is 29.3 Å². The number of methoxy groups -OCH3 is 2. The highest BCUT2D eigenvalue weighted by Crippen LogP contribution is 2.19. The summed E-state index contributed by atoms with van der Waals surface area (Å²) < 4.78 is 10.1. The molecule has 0 aliphatic carbocycles. The first kappa shape index (κ1) is 16.5. The van der Waals surface area contributed by atoms with Crippen LogP contribution in [0.1, 0.15) is 12.0 Å². The highest BCUT2D eigenvalue weighted by Gasteiger charge is 2.14. The molecular weight excluding hydrogens is 280 g/mol. The van der Waals surface area contributed by atoms with E-state index in [4.69, 9.17) is 9.47 Å². The lowest BCUT2D eigenvalue weighted by Gasteiger charge is -2.22. The molecule has 0 aliphatic rings. The molecular formula is C17H24N2O3. The van der Waals surface area contributed by atoms with Gasteiger partial charge in [0.25, 0.3) is 0 Å². The van der Waals surface area contributed by atoms with Crippen LogP contribution in [0, 0.1) is 0 Å². The van der Waals surface area contributed by atoms with Crippen LogP contribution in [0.25, 0.3) is 10.9 Å². The summed E-state index contributed by atoms with van der Waals surface area (Å²) in [4.78, 5) is 17.4. The number of para-hydroxylation sites is 1. The first-order chi connectivity index (χ1) is 10.8. The van der Waals surface area contributed by atoms with Crippen LogP contribution in [0.4, 0.5) is 0 Å².